The van der Waals surface area contributed by atoms with Crippen LogP contribution in [0.25, 0.3) is 0 Å². The van der Waals surface area contributed by atoms with E-state index in [-0.39, 0.29) is 107 Å². The van der Waals surface area contributed by atoms with Gasteiger partial charge in [0.1, 0.15) is 18.1 Å². The van der Waals surface area contributed by atoms with Crippen LogP contribution in [0.5, 0.6) is 0 Å². The summed E-state index contributed by atoms with van der Waals surface area (Å²) in [6, 6.07) is -3.91. The summed E-state index contributed by atoms with van der Waals surface area (Å²) in [7, 11) is 0. The SMILES string of the molecule is N[C@@H](CCC(=O)OC(=O)CC[C@H](N)C(=O)OC(=O)CC[C@H](N)C(=O)O)C(=O)O.[Ca+2].[Ca+2].[H-].[H-].[H-].[H-]. The molecule has 15 heteroatoms. The van der Waals surface area contributed by atoms with E-state index in [1.54, 1.807) is 0 Å². The molecule has 0 aliphatic carbocycles. The van der Waals surface area contributed by atoms with E-state index in [2.05, 4.69) is 9.47 Å². The molecule has 0 aromatic carbocycles. The molecule has 0 aliphatic rings. The van der Waals surface area contributed by atoms with E-state index in [0.29, 0.717) is 0 Å². The van der Waals surface area contributed by atoms with Crippen molar-refractivity contribution >= 4 is 111 Å². The van der Waals surface area contributed by atoms with Crippen LogP contribution in [-0.4, -0.2) is 140 Å². The molecule has 0 rings (SSSR count). The van der Waals surface area contributed by atoms with Crippen molar-refractivity contribution < 1.29 is 54.2 Å². The molecular weight excluding hydrogens is 462 g/mol. The minimum absolute atomic E-state index is 0. The molecule has 0 unspecified atom stereocenters. The number of rotatable bonds is 12. The zero-order chi connectivity index (χ0) is 21.9. The third-order valence-corrected chi connectivity index (χ3v) is 3.36. The molecule has 3 atom stereocenters. The number of carboxylic acid groups (broad SMARTS) is 2. The van der Waals surface area contributed by atoms with Crippen LogP contribution in [0.4, 0.5) is 0 Å². The van der Waals surface area contributed by atoms with Gasteiger partial charge < -0.3 is 42.6 Å². The molecule has 0 aromatic rings. The van der Waals surface area contributed by atoms with Crippen molar-refractivity contribution in [1.82, 2.24) is 0 Å². The van der Waals surface area contributed by atoms with Gasteiger partial charge in [0, 0.05) is 19.3 Å². The summed E-state index contributed by atoms with van der Waals surface area (Å²) in [6.45, 7) is 0. The van der Waals surface area contributed by atoms with Gasteiger partial charge in [0.2, 0.25) is 0 Å². The number of aliphatic carboxylic acids is 2. The van der Waals surface area contributed by atoms with Crippen LogP contribution in [0.3, 0.4) is 0 Å². The Hall–Kier alpha value is -0.381. The normalized spacial score (nSPS) is 12.8. The third kappa shape index (κ3) is 16.3. The largest absolute Gasteiger partial charge is 2.00 e. The minimum Gasteiger partial charge on any atom is -1.00 e. The van der Waals surface area contributed by atoms with Gasteiger partial charge >= 0.3 is 111 Å². The Morgan fingerprint density at radius 3 is 1.27 bits per heavy atom. The van der Waals surface area contributed by atoms with E-state index in [0.717, 1.165) is 0 Å². The van der Waals surface area contributed by atoms with Gasteiger partial charge in [-0.15, -0.1) is 0 Å². The molecule has 166 valence electrons. The maximum absolute atomic E-state index is 11.6. The molecule has 8 N–H and O–H groups in total. The fraction of sp³-hybridized carbons (Fsp3) is 0.600. The number of hydrogen-bond donors (Lipinski definition) is 5. The van der Waals surface area contributed by atoms with Gasteiger partial charge in [-0.2, -0.15) is 0 Å². The molecule has 0 radical (unpaired) electrons. The molecule has 0 fully saturated rings. The first kappa shape index (κ1) is 34.2. The minimum atomic E-state index is -1.36. The molecule has 30 heavy (non-hydrogen) atoms. The summed E-state index contributed by atoms with van der Waals surface area (Å²) in [5.74, 6) is -6.76. The molecule has 13 nitrogen and oxygen atoms in total. The fourth-order valence-corrected chi connectivity index (χ4v) is 1.65. The average molecular weight is 490 g/mol. The number of carbonyl (C=O) groups is 6. The van der Waals surface area contributed by atoms with Crippen LogP contribution in [0.2, 0.25) is 0 Å². The standard InChI is InChI=1S/C15H23N3O10.2Ca.4H/c16-7(13(22)23)1-4-10(19)27-11(20)6-3-9(18)15(26)28-12(21)5-2-8(17)14(24)25;;;;;;/h7-9H,1-6,16-18H2,(H,22,23)(H,24,25);;;;;;/q;2*+2;4*-1/t7-,8-,9-;;;;;;/m0....../s1. The molecular formula is C15H27Ca2N3O10. The zero-order valence-corrected chi connectivity index (χ0v) is 20.7. The van der Waals surface area contributed by atoms with Crippen molar-refractivity contribution in [2.45, 2.75) is 56.7 Å². The van der Waals surface area contributed by atoms with Crippen molar-refractivity contribution in [2.24, 2.45) is 17.2 Å². The maximum Gasteiger partial charge on any atom is 2.00 e. The zero-order valence-electron chi connectivity index (χ0n) is 20.3. The van der Waals surface area contributed by atoms with Crippen molar-refractivity contribution in [3.8, 4) is 0 Å². The van der Waals surface area contributed by atoms with Crippen molar-refractivity contribution in [1.29, 1.82) is 0 Å². The fourth-order valence-electron chi connectivity index (χ4n) is 1.65. The summed E-state index contributed by atoms with van der Waals surface area (Å²) in [5.41, 5.74) is 15.9. The summed E-state index contributed by atoms with van der Waals surface area (Å²) in [5, 5.41) is 17.1. The van der Waals surface area contributed by atoms with Gasteiger partial charge in [-0.25, -0.2) is 4.79 Å². The second kappa shape index (κ2) is 18.2. The van der Waals surface area contributed by atoms with Crippen molar-refractivity contribution in [3.05, 3.63) is 0 Å². The number of esters is 4. The van der Waals surface area contributed by atoms with E-state index in [1.807, 2.05) is 0 Å². The first-order chi connectivity index (χ1) is 12.9. The summed E-state index contributed by atoms with van der Waals surface area (Å²) < 4.78 is 8.81. The summed E-state index contributed by atoms with van der Waals surface area (Å²) >= 11 is 0. The van der Waals surface area contributed by atoms with Crippen LogP contribution in [0.1, 0.15) is 44.2 Å². The van der Waals surface area contributed by atoms with Crippen LogP contribution in [0.15, 0.2) is 0 Å². The van der Waals surface area contributed by atoms with E-state index in [9.17, 15) is 28.8 Å². The molecule has 0 aromatic heterocycles. The predicted molar refractivity (Wildman–Crippen MR) is 105 cm³/mol. The van der Waals surface area contributed by atoms with E-state index in [4.69, 9.17) is 27.4 Å². The summed E-state index contributed by atoms with van der Waals surface area (Å²) in [4.78, 5) is 66.9. The van der Waals surface area contributed by atoms with Crippen LogP contribution >= 0.6 is 0 Å². The topological polar surface area (TPSA) is 239 Å². The van der Waals surface area contributed by atoms with E-state index < -0.39 is 66.8 Å². The molecule has 0 saturated carbocycles. The van der Waals surface area contributed by atoms with Gasteiger partial charge in [-0.3, -0.25) is 24.0 Å². The monoisotopic (exact) mass is 489 g/mol. The molecule has 0 saturated heterocycles. The van der Waals surface area contributed by atoms with E-state index in [1.165, 1.54) is 0 Å². The number of carboxylic acids is 2. The number of hydrogen-bond acceptors (Lipinski definition) is 11. The Bertz CT molecular complexity index is 650. The second-order valence-corrected chi connectivity index (χ2v) is 5.75. The quantitative estimate of drug-likeness (QED) is 0.107. The Morgan fingerprint density at radius 2 is 0.933 bits per heavy atom. The number of ether oxygens (including phenoxy) is 2. The molecule has 0 amide bonds. The third-order valence-electron chi connectivity index (χ3n) is 3.36. The van der Waals surface area contributed by atoms with Crippen LogP contribution in [-0.2, 0) is 38.2 Å². The number of carbonyl (C=O) groups excluding carboxylic acids is 4. The second-order valence-electron chi connectivity index (χ2n) is 5.75. The Labute approximate surface area is 237 Å². The Kier molecular flexibility index (Phi) is 20.8. The van der Waals surface area contributed by atoms with Gasteiger partial charge in [0.25, 0.3) is 0 Å². The first-order valence-electron chi connectivity index (χ1n) is 8.14. The summed E-state index contributed by atoms with van der Waals surface area (Å²) in [6.07, 6.45) is -1.99. The number of nitrogens with two attached hydrogens (primary N) is 3. The molecule has 0 bridgehead atoms. The van der Waals surface area contributed by atoms with Crippen LogP contribution in [0, 0.1) is 0 Å². The van der Waals surface area contributed by atoms with Gasteiger partial charge in [-0.05, 0) is 19.3 Å². The van der Waals surface area contributed by atoms with Gasteiger partial charge in [0.05, 0.1) is 0 Å². The Balaban J connectivity index is -0.000000243. The first-order valence-corrected chi connectivity index (χ1v) is 8.14. The predicted octanol–water partition coefficient (Wildman–Crippen LogP) is -2.69. The molecule has 0 spiro atoms. The van der Waals surface area contributed by atoms with Crippen LogP contribution < -0.4 is 17.2 Å². The van der Waals surface area contributed by atoms with Gasteiger partial charge in [-0.1, -0.05) is 0 Å². The molecule has 0 heterocycles. The molecule has 0 aliphatic heterocycles. The maximum atomic E-state index is 11.6. The average Bonchev–Trinajstić information content (AvgIpc) is 2.61. The smallest absolute Gasteiger partial charge is 1.00 e. The van der Waals surface area contributed by atoms with E-state index >= 15 is 0 Å². The van der Waals surface area contributed by atoms with Crippen molar-refractivity contribution in [3.63, 3.8) is 0 Å². The van der Waals surface area contributed by atoms with Gasteiger partial charge in [0.15, 0.2) is 0 Å². The Morgan fingerprint density at radius 1 is 0.633 bits per heavy atom. The van der Waals surface area contributed by atoms with Crippen molar-refractivity contribution in [2.75, 3.05) is 0 Å².